The number of carbonyl (C=O) groups excluding carboxylic acids is 1. The highest BCUT2D eigenvalue weighted by molar-refractivity contribution is 5.83. The highest BCUT2D eigenvalue weighted by Gasteiger charge is 2.16. The molecule has 0 atom stereocenters. The first-order valence-electron chi connectivity index (χ1n) is 5.80. The van der Waals surface area contributed by atoms with Gasteiger partial charge >= 0.3 is 6.09 Å². The van der Waals surface area contributed by atoms with E-state index in [4.69, 9.17) is 9.15 Å². The monoisotopic (exact) mass is 261 g/mol. The SMILES string of the molecule is CC(C)(C)OC(=O)Nc1cccc(-c2cnco2)n1. The fraction of sp³-hybridized carbons (Fsp3) is 0.308. The van der Waals surface area contributed by atoms with Crippen LogP contribution in [0.5, 0.6) is 0 Å². The molecule has 0 aliphatic rings. The Morgan fingerprint density at radius 3 is 2.79 bits per heavy atom. The minimum Gasteiger partial charge on any atom is -0.444 e. The molecule has 0 saturated heterocycles. The van der Waals surface area contributed by atoms with Crippen LogP contribution in [0.2, 0.25) is 0 Å². The lowest BCUT2D eigenvalue weighted by Crippen LogP contribution is -2.27. The number of oxazole rings is 1. The van der Waals surface area contributed by atoms with Crippen molar-refractivity contribution in [3.05, 3.63) is 30.8 Å². The molecule has 19 heavy (non-hydrogen) atoms. The quantitative estimate of drug-likeness (QED) is 0.898. The normalized spacial score (nSPS) is 11.1. The summed E-state index contributed by atoms with van der Waals surface area (Å²) in [4.78, 5) is 19.7. The molecule has 6 heteroatoms. The van der Waals surface area contributed by atoms with Gasteiger partial charge in [-0.3, -0.25) is 5.32 Å². The van der Waals surface area contributed by atoms with Gasteiger partial charge in [0.1, 0.15) is 17.1 Å². The molecule has 2 aromatic rings. The average Bonchev–Trinajstić information content (AvgIpc) is 2.79. The van der Waals surface area contributed by atoms with E-state index in [0.717, 1.165) is 0 Å². The summed E-state index contributed by atoms with van der Waals surface area (Å²) in [5.74, 6) is 0.927. The standard InChI is InChI=1S/C13H15N3O3/c1-13(2,3)19-12(17)16-11-6-4-5-9(15-11)10-7-14-8-18-10/h4-8H,1-3H3,(H,15,16,17). The molecular formula is C13H15N3O3. The number of hydrogen-bond donors (Lipinski definition) is 1. The summed E-state index contributed by atoms with van der Waals surface area (Å²) in [6.45, 7) is 5.39. The van der Waals surface area contributed by atoms with Gasteiger partial charge in [0, 0.05) is 0 Å². The molecule has 0 aliphatic carbocycles. The van der Waals surface area contributed by atoms with E-state index in [2.05, 4.69) is 15.3 Å². The summed E-state index contributed by atoms with van der Waals surface area (Å²) in [6, 6.07) is 5.20. The Labute approximate surface area is 110 Å². The van der Waals surface area contributed by atoms with Crippen molar-refractivity contribution in [1.29, 1.82) is 0 Å². The van der Waals surface area contributed by atoms with E-state index in [0.29, 0.717) is 17.3 Å². The zero-order valence-electron chi connectivity index (χ0n) is 11.0. The topological polar surface area (TPSA) is 77.2 Å². The van der Waals surface area contributed by atoms with Gasteiger partial charge in [-0.2, -0.15) is 0 Å². The molecule has 2 aromatic heterocycles. The third-order valence-electron chi connectivity index (χ3n) is 2.06. The van der Waals surface area contributed by atoms with Crippen molar-refractivity contribution in [2.75, 3.05) is 5.32 Å². The van der Waals surface area contributed by atoms with Crippen molar-refractivity contribution in [2.24, 2.45) is 0 Å². The average molecular weight is 261 g/mol. The number of pyridine rings is 1. The number of rotatable bonds is 2. The molecule has 0 bridgehead atoms. The first-order valence-corrected chi connectivity index (χ1v) is 5.80. The molecule has 0 spiro atoms. The molecule has 100 valence electrons. The summed E-state index contributed by atoms with van der Waals surface area (Å²) in [6.07, 6.45) is 2.33. The van der Waals surface area contributed by atoms with Crippen molar-refractivity contribution in [3.8, 4) is 11.5 Å². The van der Waals surface area contributed by atoms with Crippen molar-refractivity contribution in [2.45, 2.75) is 26.4 Å². The maximum absolute atomic E-state index is 11.6. The van der Waals surface area contributed by atoms with Crippen LogP contribution in [0.3, 0.4) is 0 Å². The Balaban J connectivity index is 2.10. The van der Waals surface area contributed by atoms with Crippen LogP contribution in [0.1, 0.15) is 20.8 Å². The second-order valence-electron chi connectivity index (χ2n) is 4.90. The highest BCUT2D eigenvalue weighted by atomic mass is 16.6. The number of nitrogens with zero attached hydrogens (tertiary/aromatic N) is 2. The molecule has 2 rings (SSSR count). The molecule has 0 radical (unpaired) electrons. The molecular weight excluding hydrogens is 246 g/mol. The van der Waals surface area contributed by atoms with E-state index >= 15 is 0 Å². The molecule has 1 amide bonds. The predicted octanol–water partition coefficient (Wildman–Crippen LogP) is 3.08. The third-order valence-corrected chi connectivity index (χ3v) is 2.06. The molecule has 0 aliphatic heterocycles. The molecule has 6 nitrogen and oxygen atoms in total. The van der Waals surface area contributed by atoms with Gasteiger partial charge in [-0.15, -0.1) is 0 Å². The van der Waals surface area contributed by atoms with E-state index in [1.54, 1.807) is 45.2 Å². The first kappa shape index (κ1) is 13.1. The van der Waals surface area contributed by atoms with Crippen LogP contribution in [0.4, 0.5) is 10.6 Å². The Bertz CT molecular complexity index is 559. The molecule has 0 unspecified atom stereocenters. The lowest BCUT2D eigenvalue weighted by molar-refractivity contribution is 0.0635. The number of hydrogen-bond acceptors (Lipinski definition) is 5. The Hall–Kier alpha value is -2.37. The van der Waals surface area contributed by atoms with Crippen LogP contribution >= 0.6 is 0 Å². The summed E-state index contributed by atoms with van der Waals surface area (Å²) in [5, 5.41) is 2.57. The lowest BCUT2D eigenvalue weighted by atomic mass is 10.2. The fourth-order valence-electron chi connectivity index (χ4n) is 1.39. The summed E-state index contributed by atoms with van der Waals surface area (Å²) in [7, 11) is 0. The number of amides is 1. The van der Waals surface area contributed by atoms with Crippen LogP contribution in [0.25, 0.3) is 11.5 Å². The third kappa shape index (κ3) is 3.80. The fourth-order valence-corrected chi connectivity index (χ4v) is 1.39. The Morgan fingerprint density at radius 2 is 2.16 bits per heavy atom. The van der Waals surface area contributed by atoms with Crippen molar-refractivity contribution in [3.63, 3.8) is 0 Å². The van der Waals surface area contributed by atoms with Gasteiger partial charge in [0.2, 0.25) is 0 Å². The van der Waals surface area contributed by atoms with E-state index in [-0.39, 0.29) is 0 Å². The number of nitrogens with one attached hydrogen (secondary N) is 1. The van der Waals surface area contributed by atoms with Gasteiger partial charge in [-0.1, -0.05) is 6.07 Å². The van der Waals surface area contributed by atoms with E-state index in [1.807, 2.05) is 0 Å². The van der Waals surface area contributed by atoms with Crippen LogP contribution in [0.15, 0.2) is 35.2 Å². The smallest absolute Gasteiger partial charge is 0.413 e. The number of aromatic nitrogens is 2. The second kappa shape index (κ2) is 5.09. The van der Waals surface area contributed by atoms with E-state index in [1.165, 1.54) is 6.39 Å². The Kier molecular flexibility index (Phi) is 3.50. The molecule has 2 heterocycles. The molecule has 0 aromatic carbocycles. The molecule has 0 fully saturated rings. The van der Waals surface area contributed by atoms with Crippen molar-refractivity contribution >= 4 is 11.9 Å². The lowest BCUT2D eigenvalue weighted by Gasteiger charge is -2.19. The van der Waals surface area contributed by atoms with Gasteiger partial charge in [-0.25, -0.2) is 14.8 Å². The first-order chi connectivity index (χ1) is 8.94. The van der Waals surface area contributed by atoms with Crippen LogP contribution in [0, 0.1) is 0 Å². The summed E-state index contributed by atoms with van der Waals surface area (Å²) >= 11 is 0. The van der Waals surface area contributed by atoms with E-state index in [9.17, 15) is 4.79 Å². The summed E-state index contributed by atoms with van der Waals surface area (Å²) < 4.78 is 10.3. The Morgan fingerprint density at radius 1 is 1.37 bits per heavy atom. The second-order valence-corrected chi connectivity index (χ2v) is 4.90. The minimum atomic E-state index is -0.549. The zero-order valence-corrected chi connectivity index (χ0v) is 11.0. The number of anilines is 1. The van der Waals surface area contributed by atoms with Crippen LogP contribution in [-0.4, -0.2) is 21.7 Å². The number of ether oxygens (including phenoxy) is 1. The highest BCUT2D eigenvalue weighted by Crippen LogP contribution is 2.18. The van der Waals surface area contributed by atoms with Gasteiger partial charge in [0.05, 0.1) is 6.20 Å². The number of carbonyl (C=O) groups is 1. The van der Waals surface area contributed by atoms with Gasteiger partial charge < -0.3 is 9.15 Å². The van der Waals surface area contributed by atoms with Gasteiger partial charge in [0.15, 0.2) is 12.2 Å². The van der Waals surface area contributed by atoms with Gasteiger partial charge in [-0.05, 0) is 32.9 Å². The zero-order chi connectivity index (χ0) is 13.9. The molecule has 0 saturated carbocycles. The molecule has 1 N–H and O–H groups in total. The van der Waals surface area contributed by atoms with Gasteiger partial charge in [0.25, 0.3) is 0 Å². The largest absolute Gasteiger partial charge is 0.444 e. The van der Waals surface area contributed by atoms with Crippen molar-refractivity contribution in [1.82, 2.24) is 9.97 Å². The van der Waals surface area contributed by atoms with Crippen LogP contribution in [-0.2, 0) is 4.74 Å². The van der Waals surface area contributed by atoms with Crippen LogP contribution < -0.4 is 5.32 Å². The van der Waals surface area contributed by atoms with Crippen molar-refractivity contribution < 1.29 is 13.9 Å². The maximum Gasteiger partial charge on any atom is 0.413 e. The van der Waals surface area contributed by atoms with E-state index < -0.39 is 11.7 Å². The summed E-state index contributed by atoms with van der Waals surface area (Å²) in [5.41, 5.74) is 0.0400. The predicted molar refractivity (Wildman–Crippen MR) is 69.6 cm³/mol. The maximum atomic E-state index is 11.6. The minimum absolute atomic E-state index is 0.392.